The highest BCUT2D eigenvalue weighted by atomic mass is 32.1. The smallest absolute Gasteiger partial charge is 0.138 e. The van der Waals surface area contributed by atoms with Gasteiger partial charge in [-0.2, -0.15) is 0 Å². The molecule has 2 aromatic rings. The number of aryl methyl sites for hydroxylation is 1. The molecule has 0 bridgehead atoms. The van der Waals surface area contributed by atoms with Gasteiger partial charge >= 0.3 is 0 Å². The lowest BCUT2D eigenvalue weighted by molar-refractivity contribution is 0.00940. The summed E-state index contributed by atoms with van der Waals surface area (Å²) >= 11 is 1.89. The molecule has 0 aromatic carbocycles. The van der Waals surface area contributed by atoms with Crippen LogP contribution in [0.1, 0.15) is 22.6 Å². The molecule has 0 unspecified atom stereocenters. The molecule has 23 heavy (non-hydrogen) atoms. The van der Waals surface area contributed by atoms with Gasteiger partial charge in [0.25, 0.3) is 0 Å². The highest BCUT2D eigenvalue weighted by Gasteiger charge is 2.46. The third-order valence-electron chi connectivity index (χ3n) is 4.68. The molecule has 0 aliphatic carbocycles. The Balaban J connectivity index is 1.34. The summed E-state index contributed by atoms with van der Waals surface area (Å²) in [6, 6.07) is 8.31. The number of likely N-dealkylation sites (tertiary alicyclic amines) is 1. The van der Waals surface area contributed by atoms with Gasteiger partial charge < -0.3 is 9.47 Å². The first-order valence-corrected chi connectivity index (χ1v) is 9.01. The van der Waals surface area contributed by atoms with Crippen LogP contribution >= 0.6 is 11.3 Å². The van der Waals surface area contributed by atoms with Crippen LogP contribution in [0, 0.1) is 6.92 Å². The van der Waals surface area contributed by atoms with E-state index in [1.165, 1.54) is 9.75 Å². The molecular formula is C18H22N2O2S. The second-order valence-corrected chi connectivity index (χ2v) is 7.97. The number of hydrogen-bond acceptors (Lipinski definition) is 5. The molecule has 2 fully saturated rings. The average Bonchev–Trinajstić information content (AvgIpc) is 3.24. The van der Waals surface area contributed by atoms with Crippen molar-refractivity contribution in [1.29, 1.82) is 0 Å². The van der Waals surface area contributed by atoms with Crippen LogP contribution < -0.4 is 4.74 Å². The Bertz CT molecular complexity index is 660. The van der Waals surface area contributed by atoms with Gasteiger partial charge in [0.2, 0.25) is 0 Å². The van der Waals surface area contributed by atoms with Crippen molar-refractivity contribution in [3.63, 3.8) is 0 Å². The molecule has 0 saturated carbocycles. The second-order valence-electron chi connectivity index (χ2n) is 6.60. The molecule has 0 amide bonds. The van der Waals surface area contributed by atoms with E-state index >= 15 is 0 Å². The maximum atomic E-state index is 6.18. The first-order chi connectivity index (χ1) is 11.2. The van der Waals surface area contributed by atoms with Crippen LogP contribution in [0.5, 0.6) is 5.75 Å². The quantitative estimate of drug-likeness (QED) is 0.862. The van der Waals surface area contributed by atoms with Crippen molar-refractivity contribution in [3.8, 4) is 5.75 Å². The lowest BCUT2D eigenvalue weighted by atomic mass is 9.98. The number of pyridine rings is 1. The number of aromatic nitrogens is 1. The lowest BCUT2D eigenvalue weighted by Gasteiger charge is -2.23. The largest absolute Gasteiger partial charge is 0.486 e. The van der Waals surface area contributed by atoms with E-state index in [0.29, 0.717) is 6.61 Å². The molecule has 4 rings (SSSR count). The van der Waals surface area contributed by atoms with Crippen LogP contribution in [0.3, 0.4) is 0 Å². The van der Waals surface area contributed by atoms with Gasteiger partial charge in [-0.15, -0.1) is 11.3 Å². The first kappa shape index (κ1) is 15.1. The molecule has 4 nitrogen and oxygen atoms in total. The molecule has 1 spiro atoms. The molecule has 2 saturated heterocycles. The molecule has 2 aliphatic heterocycles. The van der Waals surface area contributed by atoms with E-state index < -0.39 is 0 Å². The summed E-state index contributed by atoms with van der Waals surface area (Å²) in [5.41, 5.74) is -0.0147. The normalized spacial score (nSPS) is 27.8. The van der Waals surface area contributed by atoms with Crippen molar-refractivity contribution in [1.82, 2.24) is 9.88 Å². The Morgan fingerprint density at radius 1 is 1.43 bits per heavy atom. The van der Waals surface area contributed by atoms with Crippen molar-refractivity contribution in [2.24, 2.45) is 0 Å². The highest BCUT2D eigenvalue weighted by Crippen LogP contribution is 2.37. The van der Waals surface area contributed by atoms with E-state index in [9.17, 15) is 0 Å². The van der Waals surface area contributed by atoms with Crippen molar-refractivity contribution < 1.29 is 9.47 Å². The van der Waals surface area contributed by atoms with Gasteiger partial charge in [-0.25, -0.2) is 0 Å². The third-order valence-corrected chi connectivity index (χ3v) is 5.67. The monoisotopic (exact) mass is 330 g/mol. The Morgan fingerprint density at radius 3 is 3.17 bits per heavy atom. The highest BCUT2D eigenvalue weighted by molar-refractivity contribution is 7.11. The minimum Gasteiger partial charge on any atom is -0.486 e. The summed E-state index contributed by atoms with van der Waals surface area (Å²) in [6.07, 6.45) is 5.75. The van der Waals surface area contributed by atoms with E-state index in [0.717, 1.165) is 38.2 Å². The molecule has 5 heteroatoms. The lowest BCUT2D eigenvalue weighted by Crippen LogP contribution is -2.33. The summed E-state index contributed by atoms with van der Waals surface area (Å²) in [6.45, 7) is 6.01. The molecule has 122 valence electrons. The summed E-state index contributed by atoms with van der Waals surface area (Å²) in [5, 5.41) is 0. The zero-order valence-electron chi connectivity index (χ0n) is 13.4. The van der Waals surface area contributed by atoms with Gasteiger partial charge in [0.15, 0.2) is 0 Å². The number of rotatable bonds is 4. The van der Waals surface area contributed by atoms with Crippen LogP contribution in [0.15, 0.2) is 36.7 Å². The Labute approximate surface area is 141 Å². The van der Waals surface area contributed by atoms with Crippen molar-refractivity contribution in [2.45, 2.75) is 38.0 Å². The van der Waals surface area contributed by atoms with Gasteiger partial charge in [0, 0.05) is 42.0 Å². The van der Waals surface area contributed by atoms with Gasteiger partial charge in [-0.1, -0.05) is 0 Å². The zero-order chi connectivity index (χ0) is 15.7. The summed E-state index contributed by atoms with van der Waals surface area (Å²) in [7, 11) is 0. The molecule has 2 aliphatic rings. The maximum absolute atomic E-state index is 6.18. The topological polar surface area (TPSA) is 34.6 Å². The summed E-state index contributed by atoms with van der Waals surface area (Å²) in [4.78, 5) is 9.45. The SMILES string of the molecule is Cc1ccc(CN2CC[C@@]3(C[C@@H](Oc4cccnc4)CO3)C2)s1. The molecule has 4 heterocycles. The van der Waals surface area contributed by atoms with Gasteiger partial charge in [-0.05, 0) is 37.6 Å². The van der Waals surface area contributed by atoms with Crippen molar-refractivity contribution >= 4 is 11.3 Å². The van der Waals surface area contributed by atoms with E-state index in [1.54, 1.807) is 12.4 Å². The van der Waals surface area contributed by atoms with Gasteiger partial charge in [-0.3, -0.25) is 9.88 Å². The number of ether oxygens (including phenoxy) is 2. The standard InChI is InChI=1S/C18H22N2O2S/c1-14-4-5-17(23-14)11-20-8-6-18(13-20)9-16(12-21-18)22-15-3-2-7-19-10-15/h2-5,7,10,16H,6,8-9,11-13H2,1H3/t16-,18-/m1/s1. The Hall–Kier alpha value is -1.43. The molecule has 0 radical (unpaired) electrons. The molecule has 2 atom stereocenters. The molecular weight excluding hydrogens is 308 g/mol. The fraction of sp³-hybridized carbons (Fsp3) is 0.500. The minimum absolute atomic E-state index is 0.0147. The third kappa shape index (κ3) is 3.42. The Kier molecular flexibility index (Phi) is 4.09. The fourth-order valence-corrected chi connectivity index (χ4v) is 4.56. The maximum Gasteiger partial charge on any atom is 0.138 e. The number of nitrogens with zero attached hydrogens (tertiary/aromatic N) is 2. The van der Waals surface area contributed by atoms with E-state index in [2.05, 4.69) is 28.9 Å². The van der Waals surface area contributed by atoms with Gasteiger partial charge in [0.05, 0.1) is 18.4 Å². The average molecular weight is 330 g/mol. The van der Waals surface area contributed by atoms with Crippen LogP contribution in [0.4, 0.5) is 0 Å². The van der Waals surface area contributed by atoms with Crippen LogP contribution in [0.2, 0.25) is 0 Å². The zero-order valence-corrected chi connectivity index (χ0v) is 14.2. The van der Waals surface area contributed by atoms with Crippen LogP contribution in [-0.2, 0) is 11.3 Å². The van der Waals surface area contributed by atoms with Crippen molar-refractivity contribution in [3.05, 3.63) is 46.4 Å². The van der Waals surface area contributed by atoms with E-state index in [-0.39, 0.29) is 11.7 Å². The number of thiophene rings is 1. The van der Waals surface area contributed by atoms with Crippen LogP contribution in [-0.4, -0.2) is 41.3 Å². The van der Waals surface area contributed by atoms with E-state index in [4.69, 9.17) is 9.47 Å². The van der Waals surface area contributed by atoms with Gasteiger partial charge in [0.1, 0.15) is 11.9 Å². The minimum atomic E-state index is -0.0147. The molecule has 2 aromatic heterocycles. The fourth-order valence-electron chi connectivity index (χ4n) is 3.62. The summed E-state index contributed by atoms with van der Waals surface area (Å²) < 4.78 is 12.2. The number of hydrogen-bond donors (Lipinski definition) is 0. The van der Waals surface area contributed by atoms with E-state index in [1.807, 2.05) is 23.5 Å². The summed E-state index contributed by atoms with van der Waals surface area (Å²) in [5.74, 6) is 0.835. The predicted molar refractivity (Wildman–Crippen MR) is 90.9 cm³/mol. The molecule has 0 N–H and O–H groups in total. The van der Waals surface area contributed by atoms with Crippen molar-refractivity contribution in [2.75, 3.05) is 19.7 Å². The predicted octanol–water partition coefficient (Wildman–Crippen LogP) is 3.26. The van der Waals surface area contributed by atoms with Crippen LogP contribution in [0.25, 0.3) is 0 Å². The first-order valence-electron chi connectivity index (χ1n) is 8.19. The second kappa shape index (κ2) is 6.23. The Morgan fingerprint density at radius 2 is 2.39 bits per heavy atom.